The zero-order valence-electron chi connectivity index (χ0n) is 11.1. The first kappa shape index (κ1) is 12.9. The molecule has 1 aliphatic carbocycles. The van der Waals surface area contributed by atoms with Gasteiger partial charge in [0, 0.05) is 19.2 Å². The van der Waals surface area contributed by atoms with E-state index in [1.165, 1.54) is 5.56 Å². The molecule has 2 atom stereocenters. The number of benzene rings is 1. The molecule has 0 aliphatic heterocycles. The Labute approximate surface area is 109 Å². The van der Waals surface area contributed by atoms with Crippen LogP contribution in [-0.2, 0) is 4.74 Å². The number of nitrogens with one attached hydrogen (secondary N) is 1. The van der Waals surface area contributed by atoms with E-state index >= 15 is 0 Å². The van der Waals surface area contributed by atoms with Gasteiger partial charge in [-0.1, -0.05) is 12.1 Å². The largest absolute Gasteiger partial charge is 0.381 e. The van der Waals surface area contributed by atoms with Gasteiger partial charge < -0.3 is 10.1 Å². The van der Waals surface area contributed by atoms with Crippen molar-refractivity contribution in [1.82, 2.24) is 0 Å². The van der Waals surface area contributed by atoms with Crippen LogP contribution in [0.25, 0.3) is 0 Å². The lowest BCUT2D eigenvalue weighted by Gasteiger charge is -2.36. The quantitative estimate of drug-likeness (QED) is 0.887. The molecule has 1 aromatic carbocycles. The normalized spacial score (nSPS) is 27.5. The van der Waals surface area contributed by atoms with Crippen LogP contribution in [0.1, 0.15) is 31.2 Å². The summed E-state index contributed by atoms with van der Waals surface area (Å²) in [6, 6.07) is 10.6. The van der Waals surface area contributed by atoms with Crippen molar-refractivity contribution in [2.24, 2.45) is 0 Å². The predicted molar refractivity (Wildman–Crippen MR) is 72.4 cm³/mol. The number of nitriles is 1. The zero-order valence-corrected chi connectivity index (χ0v) is 11.1. The average molecular weight is 244 g/mol. The van der Waals surface area contributed by atoms with E-state index in [1.54, 1.807) is 7.11 Å². The van der Waals surface area contributed by atoms with E-state index in [4.69, 9.17) is 4.74 Å². The van der Waals surface area contributed by atoms with Crippen LogP contribution < -0.4 is 5.32 Å². The van der Waals surface area contributed by atoms with E-state index in [0.29, 0.717) is 0 Å². The Hall–Kier alpha value is -1.53. The van der Waals surface area contributed by atoms with E-state index in [-0.39, 0.29) is 6.10 Å². The van der Waals surface area contributed by atoms with Crippen molar-refractivity contribution < 1.29 is 4.74 Å². The fourth-order valence-electron chi connectivity index (χ4n) is 2.67. The van der Waals surface area contributed by atoms with Crippen LogP contribution >= 0.6 is 0 Å². The maximum Gasteiger partial charge on any atom is 0.127 e. The van der Waals surface area contributed by atoms with Crippen molar-refractivity contribution in [3.63, 3.8) is 0 Å². The first-order valence-electron chi connectivity index (χ1n) is 6.46. The van der Waals surface area contributed by atoms with E-state index in [1.807, 2.05) is 12.1 Å². The Morgan fingerprint density at radius 3 is 3.00 bits per heavy atom. The van der Waals surface area contributed by atoms with Gasteiger partial charge in [0.1, 0.15) is 5.54 Å². The Morgan fingerprint density at radius 2 is 2.33 bits per heavy atom. The molecule has 0 amide bonds. The first-order chi connectivity index (χ1) is 8.67. The summed E-state index contributed by atoms with van der Waals surface area (Å²) in [5, 5.41) is 12.9. The van der Waals surface area contributed by atoms with Gasteiger partial charge >= 0.3 is 0 Å². The lowest BCUT2D eigenvalue weighted by molar-refractivity contribution is 0.0569. The second kappa shape index (κ2) is 5.41. The molecule has 2 unspecified atom stereocenters. The highest BCUT2D eigenvalue weighted by molar-refractivity contribution is 5.49. The first-order valence-corrected chi connectivity index (χ1v) is 6.46. The van der Waals surface area contributed by atoms with Crippen molar-refractivity contribution in [3.8, 4) is 6.07 Å². The summed E-state index contributed by atoms with van der Waals surface area (Å²) in [6.07, 6.45) is 3.92. The number of nitrogens with zero attached hydrogens (tertiary/aromatic N) is 1. The van der Waals surface area contributed by atoms with Crippen molar-refractivity contribution in [2.75, 3.05) is 12.4 Å². The lowest BCUT2D eigenvalue weighted by atomic mass is 9.81. The predicted octanol–water partition coefficient (Wildman–Crippen LogP) is 3.26. The summed E-state index contributed by atoms with van der Waals surface area (Å²) in [6.45, 7) is 2.06. The molecular formula is C15H20N2O. The number of rotatable bonds is 3. The molecule has 1 aliphatic rings. The van der Waals surface area contributed by atoms with Gasteiger partial charge in [0.05, 0.1) is 12.2 Å². The van der Waals surface area contributed by atoms with Crippen LogP contribution in [-0.4, -0.2) is 18.8 Å². The average Bonchev–Trinajstić information content (AvgIpc) is 2.39. The standard InChI is InChI=1S/C15H20N2O/c1-12-5-3-6-13(9-12)17-15(11-16)8-4-7-14(10-15)18-2/h3,5-6,9,14,17H,4,7-8,10H2,1-2H3. The molecule has 0 saturated heterocycles. The molecule has 1 saturated carbocycles. The maximum absolute atomic E-state index is 9.52. The molecule has 0 bridgehead atoms. The topological polar surface area (TPSA) is 45.0 Å². The van der Waals surface area contributed by atoms with Crippen molar-refractivity contribution in [2.45, 2.75) is 44.2 Å². The van der Waals surface area contributed by atoms with E-state index in [9.17, 15) is 5.26 Å². The fraction of sp³-hybridized carbons (Fsp3) is 0.533. The maximum atomic E-state index is 9.52. The Morgan fingerprint density at radius 1 is 1.50 bits per heavy atom. The highest BCUT2D eigenvalue weighted by Crippen LogP contribution is 2.32. The number of aryl methyl sites for hydroxylation is 1. The molecule has 96 valence electrons. The summed E-state index contributed by atoms with van der Waals surface area (Å²) >= 11 is 0. The third-order valence-electron chi connectivity index (χ3n) is 3.65. The number of anilines is 1. The summed E-state index contributed by atoms with van der Waals surface area (Å²) in [5.41, 5.74) is 1.74. The smallest absolute Gasteiger partial charge is 0.127 e. The molecule has 18 heavy (non-hydrogen) atoms. The van der Waals surface area contributed by atoms with Gasteiger partial charge in [-0.25, -0.2) is 0 Å². The number of ether oxygens (including phenoxy) is 1. The second-order valence-corrected chi connectivity index (χ2v) is 5.14. The van der Waals surface area contributed by atoms with Crippen molar-refractivity contribution in [3.05, 3.63) is 29.8 Å². The third kappa shape index (κ3) is 2.83. The van der Waals surface area contributed by atoms with Gasteiger partial charge in [-0.2, -0.15) is 5.26 Å². The molecule has 1 aromatic rings. The minimum absolute atomic E-state index is 0.190. The van der Waals surface area contributed by atoms with Crippen LogP contribution in [0.3, 0.4) is 0 Å². The summed E-state index contributed by atoms with van der Waals surface area (Å²) < 4.78 is 5.42. The van der Waals surface area contributed by atoms with Gasteiger partial charge in [-0.05, 0) is 43.9 Å². The molecule has 3 nitrogen and oxygen atoms in total. The minimum Gasteiger partial charge on any atom is -0.381 e. The van der Waals surface area contributed by atoms with E-state index in [2.05, 4.69) is 30.4 Å². The molecule has 0 aromatic heterocycles. The summed E-state index contributed by atoms with van der Waals surface area (Å²) in [4.78, 5) is 0. The van der Waals surface area contributed by atoms with Gasteiger partial charge in [0.2, 0.25) is 0 Å². The van der Waals surface area contributed by atoms with Gasteiger partial charge in [0.15, 0.2) is 0 Å². The fourth-order valence-corrected chi connectivity index (χ4v) is 2.67. The summed E-state index contributed by atoms with van der Waals surface area (Å²) in [7, 11) is 1.73. The van der Waals surface area contributed by atoms with Crippen LogP contribution in [0.4, 0.5) is 5.69 Å². The highest BCUT2D eigenvalue weighted by Gasteiger charge is 2.36. The monoisotopic (exact) mass is 244 g/mol. The highest BCUT2D eigenvalue weighted by atomic mass is 16.5. The molecule has 0 heterocycles. The minimum atomic E-state index is -0.479. The van der Waals surface area contributed by atoms with Gasteiger partial charge in [0.25, 0.3) is 0 Å². The summed E-state index contributed by atoms with van der Waals surface area (Å²) in [5.74, 6) is 0. The molecule has 0 radical (unpaired) electrons. The Balaban J connectivity index is 2.16. The van der Waals surface area contributed by atoms with Crippen LogP contribution in [0.2, 0.25) is 0 Å². The Bertz CT molecular complexity index is 452. The van der Waals surface area contributed by atoms with E-state index in [0.717, 1.165) is 31.4 Å². The number of hydrogen-bond acceptors (Lipinski definition) is 3. The number of methoxy groups -OCH3 is 1. The lowest BCUT2D eigenvalue weighted by Crippen LogP contribution is -2.43. The van der Waals surface area contributed by atoms with E-state index < -0.39 is 5.54 Å². The second-order valence-electron chi connectivity index (χ2n) is 5.14. The molecule has 0 spiro atoms. The van der Waals surface area contributed by atoms with Crippen LogP contribution in [0.15, 0.2) is 24.3 Å². The van der Waals surface area contributed by atoms with Crippen LogP contribution in [0.5, 0.6) is 0 Å². The third-order valence-corrected chi connectivity index (χ3v) is 3.65. The molecule has 1 N–H and O–H groups in total. The van der Waals surface area contributed by atoms with Crippen molar-refractivity contribution >= 4 is 5.69 Å². The number of hydrogen-bond donors (Lipinski definition) is 1. The SMILES string of the molecule is COC1CCCC(C#N)(Nc2cccc(C)c2)C1. The molecular weight excluding hydrogens is 224 g/mol. The molecule has 3 heteroatoms. The van der Waals surface area contributed by atoms with Crippen molar-refractivity contribution in [1.29, 1.82) is 5.26 Å². The van der Waals surface area contributed by atoms with Crippen LogP contribution in [0, 0.1) is 18.3 Å². The zero-order chi connectivity index (χ0) is 13.0. The molecule has 2 rings (SSSR count). The Kier molecular flexibility index (Phi) is 3.88. The van der Waals surface area contributed by atoms with Gasteiger partial charge in [-0.15, -0.1) is 0 Å². The molecule has 1 fully saturated rings. The van der Waals surface area contributed by atoms with Gasteiger partial charge in [-0.3, -0.25) is 0 Å².